The second-order valence-electron chi connectivity index (χ2n) is 20.2. The van der Waals surface area contributed by atoms with E-state index < -0.39 is 6.10 Å². The number of hydrogen-bond acceptors (Lipinski definition) is 6. The van der Waals surface area contributed by atoms with E-state index >= 15 is 0 Å². The molecule has 6 nitrogen and oxygen atoms in total. The molecule has 1 unspecified atom stereocenters. The van der Waals surface area contributed by atoms with Gasteiger partial charge in [0.2, 0.25) is 0 Å². The van der Waals surface area contributed by atoms with Gasteiger partial charge in [0.1, 0.15) is 13.2 Å². The minimum atomic E-state index is -0.807. The first kappa shape index (κ1) is 73.0. The molecule has 1 atom stereocenters. The van der Waals surface area contributed by atoms with Crippen LogP contribution in [0.3, 0.4) is 0 Å². The van der Waals surface area contributed by atoms with Gasteiger partial charge in [-0.15, -0.1) is 0 Å². The highest BCUT2D eigenvalue weighted by molar-refractivity contribution is 5.71. The zero-order valence-corrected chi connectivity index (χ0v) is 50.1. The van der Waals surface area contributed by atoms with Crippen molar-refractivity contribution in [3.05, 3.63) is 158 Å². The second-order valence-corrected chi connectivity index (χ2v) is 20.2. The van der Waals surface area contributed by atoms with Gasteiger partial charge >= 0.3 is 17.9 Å². The van der Waals surface area contributed by atoms with E-state index in [0.29, 0.717) is 12.8 Å². The van der Waals surface area contributed by atoms with E-state index in [2.05, 4.69) is 179 Å². The van der Waals surface area contributed by atoms with E-state index in [1.165, 1.54) is 44.9 Å². The van der Waals surface area contributed by atoms with Gasteiger partial charge in [-0.2, -0.15) is 0 Å². The molecule has 0 N–H and O–H groups in total. The van der Waals surface area contributed by atoms with Crippen LogP contribution in [0.5, 0.6) is 0 Å². The lowest BCUT2D eigenvalue weighted by molar-refractivity contribution is -0.167. The Kier molecular flexibility index (Phi) is 60.4. The number of hydrogen-bond donors (Lipinski definition) is 0. The van der Waals surface area contributed by atoms with Gasteiger partial charge in [0, 0.05) is 19.3 Å². The van der Waals surface area contributed by atoms with Crippen LogP contribution in [0.15, 0.2) is 158 Å². The van der Waals surface area contributed by atoms with Crippen LogP contribution in [0.2, 0.25) is 0 Å². The predicted octanol–water partition coefficient (Wildman–Crippen LogP) is 21.7. The Bertz CT molecular complexity index is 1760. The molecule has 0 aromatic heterocycles. The van der Waals surface area contributed by atoms with Gasteiger partial charge in [-0.3, -0.25) is 14.4 Å². The zero-order chi connectivity index (χ0) is 56.4. The number of carbonyl (C=O) groups excluding carboxylic acids is 3. The quantitative estimate of drug-likeness (QED) is 0.0261. The SMILES string of the molecule is CC/C=C\C/C=C\C/C=C\C/C=C\C/C=C\C/C=C\CCCCCCCCCCC(=O)OCC(COC(=O)CCCCCCC/C=C\CCC)OC(=O)CCCCCC/C=C\C/C=C\C/C=C\C/C=C\C/C=C\C/C=C\CC. The van der Waals surface area contributed by atoms with Crippen LogP contribution in [0, 0.1) is 0 Å². The predicted molar refractivity (Wildman–Crippen MR) is 338 cm³/mol. The van der Waals surface area contributed by atoms with E-state index in [1.807, 2.05) is 0 Å². The first-order chi connectivity index (χ1) is 38.5. The smallest absolute Gasteiger partial charge is 0.306 e. The van der Waals surface area contributed by atoms with E-state index in [1.54, 1.807) is 0 Å². The fourth-order valence-electron chi connectivity index (χ4n) is 8.10. The molecule has 0 saturated carbocycles. The summed E-state index contributed by atoms with van der Waals surface area (Å²) in [5.41, 5.74) is 0. The summed E-state index contributed by atoms with van der Waals surface area (Å²) in [6.07, 6.45) is 93.9. The molecular weight excluding hydrogens is 961 g/mol. The highest BCUT2D eigenvalue weighted by atomic mass is 16.6. The van der Waals surface area contributed by atoms with Gasteiger partial charge in [0.15, 0.2) is 6.10 Å². The van der Waals surface area contributed by atoms with Crippen LogP contribution in [0.1, 0.15) is 258 Å². The molecule has 438 valence electrons. The monoisotopic (exact) mass is 1070 g/mol. The molecular formula is C72H114O6. The molecule has 0 spiro atoms. The molecule has 78 heavy (non-hydrogen) atoms. The van der Waals surface area contributed by atoms with Gasteiger partial charge in [-0.25, -0.2) is 0 Å². The standard InChI is InChI=1S/C72H114O6/c1-4-7-10-13-16-19-22-24-26-28-30-32-34-35-36-37-39-40-42-44-46-48-50-53-56-59-62-65-71(74)77-68-69(67-76-70(73)64-61-58-55-52-21-18-15-12-9-6-3)78-72(75)66-63-60-57-54-51-49-47-45-43-41-38-33-31-29-27-25-23-20-17-14-11-8-5-2/h7-8,10-12,15-17,19-20,24-27,30-33,35-36,39-41,43,47,49,69H,4-6,9,13-14,18,21-23,28-29,34,37-38,42,44-46,48,50-68H2,1-3H3/b10-7-,11-8-,15-12-,19-16-,20-17-,26-24-,27-25-,32-30-,33-31-,36-35-,40-39-,43-41-,49-47-. The Labute approximate surface area is 480 Å². The lowest BCUT2D eigenvalue weighted by atomic mass is 10.1. The fourth-order valence-corrected chi connectivity index (χ4v) is 8.10. The summed E-state index contributed by atoms with van der Waals surface area (Å²) < 4.78 is 16.8. The van der Waals surface area contributed by atoms with Gasteiger partial charge in [-0.05, 0) is 141 Å². The Hall–Kier alpha value is -4.97. The molecule has 0 aliphatic carbocycles. The number of ether oxygens (including phenoxy) is 3. The highest BCUT2D eigenvalue weighted by Crippen LogP contribution is 2.14. The number of esters is 3. The summed E-state index contributed by atoms with van der Waals surface area (Å²) in [4.78, 5) is 38.2. The molecule has 0 aliphatic rings. The minimum absolute atomic E-state index is 0.102. The third kappa shape index (κ3) is 61.9. The maximum absolute atomic E-state index is 12.9. The summed E-state index contributed by atoms with van der Waals surface area (Å²) in [7, 11) is 0. The topological polar surface area (TPSA) is 78.9 Å². The number of rotatable bonds is 55. The summed E-state index contributed by atoms with van der Waals surface area (Å²) in [6.45, 7) is 6.31. The maximum Gasteiger partial charge on any atom is 0.306 e. The van der Waals surface area contributed by atoms with Crippen LogP contribution < -0.4 is 0 Å². The molecule has 0 bridgehead atoms. The molecule has 0 rings (SSSR count). The zero-order valence-electron chi connectivity index (χ0n) is 50.1. The summed E-state index contributed by atoms with van der Waals surface area (Å²) in [6, 6.07) is 0. The molecule has 0 heterocycles. The van der Waals surface area contributed by atoms with Gasteiger partial charge in [0.25, 0.3) is 0 Å². The Balaban J connectivity index is 4.37. The van der Waals surface area contributed by atoms with Crippen LogP contribution in [-0.2, 0) is 28.6 Å². The van der Waals surface area contributed by atoms with Crippen LogP contribution in [-0.4, -0.2) is 37.2 Å². The summed E-state index contributed by atoms with van der Waals surface area (Å²) >= 11 is 0. The first-order valence-electron chi connectivity index (χ1n) is 31.5. The average Bonchev–Trinajstić information content (AvgIpc) is 3.44. The summed E-state index contributed by atoms with van der Waals surface area (Å²) in [5.74, 6) is -0.950. The van der Waals surface area contributed by atoms with Gasteiger partial charge in [0.05, 0.1) is 0 Å². The molecule has 0 aromatic carbocycles. The lowest BCUT2D eigenvalue weighted by Crippen LogP contribution is -2.30. The fraction of sp³-hybridized carbons (Fsp3) is 0.597. The molecule has 0 aliphatic heterocycles. The minimum Gasteiger partial charge on any atom is -0.462 e. The Morgan fingerprint density at radius 1 is 0.269 bits per heavy atom. The molecule has 0 saturated heterocycles. The van der Waals surface area contributed by atoms with Gasteiger partial charge < -0.3 is 14.2 Å². The summed E-state index contributed by atoms with van der Waals surface area (Å²) in [5, 5.41) is 0. The van der Waals surface area contributed by atoms with Crippen molar-refractivity contribution in [2.45, 2.75) is 264 Å². The van der Waals surface area contributed by atoms with Gasteiger partial charge in [-0.1, -0.05) is 256 Å². The molecule has 0 aromatic rings. The van der Waals surface area contributed by atoms with Crippen molar-refractivity contribution in [2.24, 2.45) is 0 Å². The van der Waals surface area contributed by atoms with E-state index in [-0.39, 0.29) is 37.5 Å². The molecule has 0 radical (unpaired) electrons. The van der Waals surface area contributed by atoms with Crippen molar-refractivity contribution in [1.29, 1.82) is 0 Å². The number of unbranched alkanes of at least 4 members (excludes halogenated alkanes) is 18. The van der Waals surface area contributed by atoms with Crippen molar-refractivity contribution in [2.75, 3.05) is 13.2 Å². The normalized spacial score (nSPS) is 13.2. The van der Waals surface area contributed by atoms with Crippen molar-refractivity contribution in [3.63, 3.8) is 0 Å². The van der Waals surface area contributed by atoms with E-state index in [0.717, 1.165) is 173 Å². The third-order valence-electron chi connectivity index (χ3n) is 12.7. The average molecular weight is 1080 g/mol. The van der Waals surface area contributed by atoms with Crippen molar-refractivity contribution in [3.8, 4) is 0 Å². The largest absolute Gasteiger partial charge is 0.462 e. The lowest BCUT2D eigenvalue weighted by Gasteiger charge is -2.18. The highest BCUT2D eigenvalue weighted by Gasteiger charge is 2.19. The van der Waals surface area contributed by atoms with Crippen LogP contribution in [0.25, 0.3) is 0 Å². The van der Waals surface area contributed by atoms with Crippen molar-refractivity contribution in [1.82, 2.24) is 0 Å². The number of allylic oxidation sites excluding steroid dienone is 26. The molecule has 6 heteroatoms. The molecule has 0 fully saturated rings. The van der Waals surface area contributed by atoms with E-state index in [9.17, 15) is 14.4 Å². The maximum atomic E-state index is 12.9. The third-order valence-corrected chi connectivity index (χ3v) is 12.7. The van der Waals surface area contributed by atoms with Crippen LogP contribution >= 0.6 is 0 Å². The molecule has 0 amide bonds. The van der Waals surface area contributed by atoms with Crippen molar-refractivity contribution >= 4 is 17.9 Å². The second kappa shape index (κ2) is 64.6. The van der Waals surface area contributed by atoms with Crippen molar-refractivity contribution < 1.29 is 28.6 Å². The Morgan fingerprint density at radius 2 is 0.500 bits per heavy atom. The first-order valence-corrected chi connectivity index (χ1v) is 31.5. The Morgan fingerprint density at radius 3 is 0.795 bits per heavy atom. The number of carbonyl (C=O) groups is 3. The van der Waals surface area contributed by atoms with E-state index in [4.69, 9.17) is 14.2 Å². The van der Waals surface area contributed by atoms with Crippen LogP contribution in [0.4, 0.5) is 0 Å².